The number of rotatable bonds is 2. The molecule has 1 saturated carbocycles. The molecule has 100 valence electrons. The number of alkyl halides is 3. The summed E-state index contributed by atoms with van der Waals surface area (Å²) in [4.78, 5) is 0. The van der Waals surface area contributed by atoms with Gasteiger partial charge in [0.1, 0.15) is 5.82 Å². The summed E-state index contributed by atoms with van der Waals surface area (Å²) in [5.41, 5.74) is -0.788. The topological polar surface area (TPSA) is 12.0 Å². The Labute approximate surface area is 103 Å². The minimum atomic E-state index is -4.50. The number of halogens is 4. The first-order chi connectivity index (χ1) is 8.47. The molecular weight excluding hydrogens is 246 g/mol. The van der Waals surface area contributed by atoms with E-state index in [1.54, 1.807) is 0 Å². The van der Waals surface area contributed by atoms with Crippen LogP contribution < -0.4 is 5.32 Å². The largest absolute Gasteiger partial charge is 0.416 e. The Bertz CT molecular complexity index is 408. The number of hydrogen-bond acceptors (Lipinski definition) is 1. The van der Waals surface area contributed by atoms with Crippen LogP contribution in [0.3, 0.4) is 0 Å². The molecule has 1 aliphatic carbocycles. The van der Waals surface area contributed by atoms with Gasteiger partial charge in [0.2, 0.25) is 0 Å². The van der Waals surface area contributed by atoms with Crippen LogP contribution in [0.2, 0.25) is 0 Å². The average Bonchev–Trinajstić information content (AvgIpc) is 2.32. The zero-order valence-corrected chi connectivity index (χ0v) is 9.86. The van der Waals surface area contributed by atoms with Crippen LogP contribution in [0.4, 0.5) is 23.2 Å². The zero-order valence-electron chi connectivity index (χ0n) is 9.86. The van der Waals surface area contributed by atoms with Crippen LogP contribution in [0.1, 0.15) is 37.7 Å². The molecule has 18 heavy (non-hydrogen) atoms. The first kappa shape index (κ1) is 13.2. The molecule has 1 nitrogen and oxygen atoms in total. The van der Waals surface area contributed by atoms with Gasteiger partial charge in [0.05, 0.1) is 11.3 Å². The summed E-state index contributed by atoms with van der Waals surface area (Å²) in [6, 6.07) is 2.80. The highest BCUT2D eigenvalue weighted by atomic mass is 19.4. The Morgan fingerprint density at radius 3 is 2.28 bits per heavy atom. The molecular formula is C13H15F4N. The van der Waals surface area contributed by atoms with Crippen LogP contribution in [0.25, 0.3) is 0 Å². The summed E-state index contributed by atoms with van der Waals surface area (Å²) >= 11 is 0. The lowest BCUT2D eigenvalue weighted by Gasteiger charge is -2.24. The van der Waals surface area contributed by atoms with Crippen molar-refractivity contribution < 1.29 is 17.6 Å². The minimum absolute atomic E-state index is 0.162. The Hall–Kier alpha value is -1.26. The summed E-state index contributed by atoms with van der Waals surface area (Å²) < 4.78 is 50.7. The van der Waals surface area contributed by atoms with Crippen molar-refractivity contribution in [1.82, 2.24) is 0 Å². The van der Waals surface area contributed by atoms with Crippen LogP contribution in [-0.4, -0.2) is 6.04 Å². The van der Waals surface area contributed by atoms with E-state index in [0.29, 0.717) is 6.07 Å². The number of anilines is 1. The Morgan fingerprint density at radius 1 is 1.06 bits per heavy atom. The predicted octanol–water partition coefficient (Wildman–Crippen LogP) is 4.59. The number of hydrogen-bond donors (Lipinski definition) is 1. The first-order valence-electron chi connectivity index (χ1n) is 6.10. The van der Waals surface area contributed by atoms with Crippen molar-refractivity contribution in [2.45, 2.75) is 44.3 Å². The highest BCUT2D eigenvalue weighted by Crippen LogP contribution is 2.32. The van der Waals surface area contributed by atoms with E-state index in [2.05, 4.69) is 5.32 Å². The summed E-state index contributed by atoms with van der Waals surface area (Å²) in [7, 11) is 0. The highest BCUT2D eigenvalue weighted by molar-refractivity contribution is 5.47. The molecule has 1 aliphatic rings. The maximum Gasteiger partial charge on any atom is 0.416 e. The van der Waals surface area contributed by atoms with E-state index in [-0.39, 0.29) is 11.7 Å². The van der Waals surface area contributed by atoms with E-state index in [0.717, 1.165) is 31.7 Å². The second-order valence-electron chi connectivity index (χ2n) is 4.67. The summed E-state index contributed by atoms with van der Waals surface area (Å²) in [5.74, 6) is -0.838. The van der Waals surface area contributed by atoms with Crippen molar-refractivity contribution in [1.29, 1.82) is 0 Å². The van der Waals surface area contributed by atoms with Crippen molar-refractivity contribution in [3.8, 4) is 0 Å². The molecule has 1 N–H and O–H groups in total. The third-order valence-electron chi connectivity index (χ3n) is 3.26. The van der Waals surface area contributed by atoms with Gasteiger partial charge in [0.25, 0.3) is 0 Å². The Morgan fingerprint density at radius 2 is 1.72 bits per heavy atom. The number of nitrogens with one attached hydrogen (secondary N) is 1. The van der Waals surface area contributed by atoms with Gasteiger partial charge in [-0.25, -0.2) is 4.39 Å². The SMILES string of the molecule is Fc1cc(C(F)(F)F)ccc1NC1CCCCC1. The fourth-order valence-electron chi connectivity index (χ4n) is 2.28. The normalized spacial score (nSPS) is 17.8. The van der Waals surface area contributed by atoms with E-state index < -0.39 is 17.6 Å². The quantitative estimate of drug-likeness (QED) is 0.768. The van der Waals surface area contributed by atoms with Crippen LogP contribution in [0.5, 0.6) is 0 Å². The third-order valence-corrected chi connectivity index (χ3v) is 3.26. The maximum absolute atomic E-state index is 13.6. The van der Waals surface area contributed by atoms with Crippen LogP contribution >= 0.6 is 0 Å². The molecule has 0 amide bonds. The fraction of sp³-hybridized carbons (Fsp3) is 0.538. The van der Waals surface area contributed by atoms with Crippen molar-refractivity contribution in [2.75, 3.05) is 5.32 Å². The Kier molecular flexibility index (Phi) is 3.78. The molecule has 0 aromatic heterocycles. The second-order valence-corrected chi connectivity index (χ2v) is 4.67. The van der Waals surface area contributed by atoms with E-state index in [4.69, 9.17) is 0 Å². The fourth-order valence-corrected chi connectivity index (χ4v) is 2.28. The highest BCUT2D eigenvalue weighted by Gasteiger charge is 2.31. The molecule has 1 fully saturated rings. The van der Waals surface area contributed by atoms with Crippen LogP contribution in [0, 0.1) is 5.82 Å². The molecule has 0 unspecified atom stereocenters. The lowest BCUT2D eigenvalue weighted by Crippen LogP contribution is -2.23. The molecule has 5 heteroatoms. The van der Waals surface area contributed by atoms with Crippen molar-refractivity contribution in [3.05, 3.63) is 29.6 Å². The van der Waals surface area contributed by atoms with Crippen molar-refractivity contribution in [2.24, 2.45) is 0 Å². The van der Waals surface area contributed by atoms with Crippen LogP contribution in [-0.2, 0) is 6.18 Å². The molecule has 2 rings (SSSR count). The van der Waals surface area contributed by atoms with E-state index in [1.165, 1.54) is 12.5 Å². The lowest BCUT2D eigenvalue weighted by molar-refractivity contribution is -0.137. The van der Waals surface area contributed by atoms with E-state index in [1.807, 2.05) is 0 Å². The van der Waals surface area contributed by atoms with Gasteiger partial charge in [-0.1, -0.05) is 19.3 Å². The van der Waals surface area contributed by atoms with Gasteiger partial charge in [-0.2, -0.15) is 13.2 Å². The summed E-state index contributed by atoms with van der Waals surface area (Å²) in [6.45, 7) is 0. The van der Waals surface area contributed by atoms with Gasteiger partial charge in [-0.3, -0.25) is 0 Å². The summed E-state index contributed by atoms with van der Waals surface area (Å²) in [5, 5.41) is 2.99. The minimum Gasteiger partial charge on any atom is -0.380 e. The van der Waals surface area contributed by atoms with Gasteiger partial charge >= 0.3 is 6.18 Å². The van der Waals surface area contributed by atoms with Gasteiger partial charge < -0.3 is 5.32 Å². The molecule has 0 saturated heterocycles. The second kappa shape index (κ2) is 5.16. The first-order valence-corrected chi connectivity index (χ1v) is 6.10. The molecule has 0 aliphatic heterocycles. The monoisotopic (exact) mass is 261 g/mol. The number of benzene rings is 1. The van der Waals surface area contributed by atoms with E-state index >= 15 is 0 Å². The molecule has 0 radical (unpaired) electrons. The lowest BCUT2D eigenvalue weighted by atomic mass is 9.95. The van der Waals surface area contributed by atoms with Crippen molar-refractivity contribution >= 4 is 5.69 Å². The smallest absolute Gasteiger partial charge is 0.380 e. The standard InChI is InChI=1S/C13H15F4N/c14-11-8-9(13(15,16)17)6-7-12(11)18-10-4-2-1-3-5-10/h6-8,10,18H,1-5H2. The predicted molar refractivity (Wildman–Crippen MR) is 61.9 cm³/mol. The van der Waals surface area contributed by atoms with Crippen LogP contribution in [0.15, 0.2) is 18.2 Å². The van der Waals surface area contributed by atoms with Gasteiger partial charge in [-0.15, -0.1) is 0 Å². The maximum atomic E-state index is 13.6. The van der Waals surface area contributed by atoms with Gasteiger partial charge in [-0.05, 0) is 31.0 Å². The average molecular weight is 261 g/mol. The molecule has 1 aromatic rings. The van der Waals surface area contributed by atoms with Gasteiger partial charge in [0.15, 0.2) is 0 Å². The molecule has 1 aromatic carbocycles. The summed E-state index contributed by atoms with van der Waals surface area (Å²) in [6.07, 6.45) is 0.735. The van der Waals surface area contributed by atoms with Crippen molar-refractivity contribution in [3.63, 3.8) is 0 Å². The zero-order chi connectivity index (χ0) is 13.2. The van der Waals surface area contributed by atoms with Gasteiger partial charge in [0, 0.05) is 6.04 Å². The Balaban J connectivity index is 2.09. The third kappa shape index (κ3) is 3.15. The molecule has 0 spiro atoms. The molecule has 0 atom stereocenters. The molecule has 0 heterocycles. The van der Waals surface area contributed by atoms with E-state index in [9.17, 15) is 17.6 Å². The molecule has 0 bridgehead atoms.